The zero-order valence-electron chi connectivity index (χ0n) is 12.1. The highest BCUT2D eigenvalue weighted by Crippen LogP contribution is 2.34. The molecule has 1 amide bonds. The van der Waals surface area contributed by atoms with Gasteiger partial charge in [0.25, 0.3) is 0 Å². The van der Waals surface area contributed by atoms with E-state index in [4.69, 9.17) is 11.6 Å². The maximum absolute atomic E-state index is 11.8. The Labute approximate surface area is 124 Å². The van der Waals surface area contributed by atoms with Crippen LogP contribution in [0.2, 0.25) is 5.02 Å². The molecule has 0 aromatic heterocycles. The summed E-state index contributed by atoms with van der Waals surface area (Å²) in [7, 11) is 0. The van der Waals surface area contributed by atoms with Crippen LogP contribution in [0.25, 0.3) is 0 Å². The minimum absolute atomic E-state index is 0.0438. The van der Waals surface area contributed by atoms with Gasteiger partial charge in [0, 0.05) is 18.4 Å². The van der Waals surface area contributed by atoms with Gasteiger partial charge < -0.3 is 0 Å². The molecule has 1 aliphatic heterocycles. The molecule has 1 heterocycles. The molecule has 0 N–H and O–H groups in total. The van der Waals surface area contributed by atoms with Gasteiger partial charge in [-0.1, -0.05) is 29.3 Å². The molecule has 0 saturated heterocycles. The lowest BCUT2D eigenvalue weighted by Crippen LogP contribution is -2.42. The SMILES string of the molecule is C=C(C)CC1(C)CC(c2ccc(Cl)cc2)=NN1C(C)=O. The molecule has 1 aliphatic rings. The Hall–Kier alpha value is -1.61. The van der Waals surface area contributed by atoms with E-state index >= 15 is 0 Å². The Morgan fingerprint density at radius 1 is 1.40 bits per heavy atom. The number of amides is 1. The van der Waals surface area contributed by atoms with Crippen LogP contribution in [-0.2, 0) is 4.79 Å². The molecule has 3 nitrogen and oxygen atoms in total. The van der Waals surface area contributed by atoms with Gasteiger partial charge in [0.2, 0.25) is 5.91 Å². The number of rotatable bonds is 3. The molecular weight excluding hydrogens is 272 g/mol. The van der Waals surface area contributed by atoms with Crippen molar-refractivity contribution < 1.29 is 4.79 Å². The zero-order chi connectivity index (χ0) is 14.9. The highest BCUT2D eigenvalue weighted by Gasteiger charge is 2.40. The molecule has 0 aliphatic carbocycles. The maximum Gasteiger partial charge on any atom is 0.240 e. The van der Waals surface area contributed by atoms with Crippen molar-refractivity contribution >= 4 is 23.2 Å². The maximum atomic E-state index is 11.8. The minimum Gasteiger partial charge on any atom is -0.273 e. The van der Waals surface area contributed by atoms with E-state index in [1.54, 1.807) is 11.9 Å². The molecule has 0 spiro atoms. The highest BCUT2D eigenvalue weighted by molar-refractivity contribution is 6.30. The fourth-order valence-electron chi connectivity index (χ4n) is 2.75. The third kappa shape index (κ3) is 2.93. The second-order valence-electron chi connectivity index (χ2n) is 5.69. The predicted molar refractivity (Wildman–Crippen MR) is 83.0 cm³/mol. The number of hydrazone groups is 1. The lowest BCUT2D eigenvalue weighted by molar-refractivity contribution is -0.133. The number of carbonyl (C=O) groups is 1. The topological polar surface area (TPSA) is 32.7 Å². The molecule has 1 unspecified atom stereocenters. The fourth-order valence-corrected chi connectivity index (χ4v) is 2.88. The first-order valence-corrected chi connectivity index (χ1v) is 6.98. The third-order valence-corrected chi connectivity index (χ3v) is 3.69. The molecule has 0 radical (unpaired) electrons. The molecule has 2 rings (SSSR count). The van der Waals surface area contributed by atoms with E-state index in [9.17, 15) is 4.79 Å². The molecule has 1 atom stereocenters. The number of nitrogens with zero attached hydrogens (tertiary/aromatic N) is 2. The molecule has 20 heavy (non-hydrogen) atoms. The van der Waals surface area contributed by atoms with Crippen LogP contribution < -0.4 is 0 Å². The minimum atomic E-state index is -0.327. The van der Waals surface area contributed by atoms with Crippen LogP contribution in [0.1, 0.15) is 39.2 Å². The lowest BCUT2D eigenvalue weighted by atomic mass is 9.87. The molecule has 4 heteroatoms. The molecule has 106 valence electrons. The summed E-state index contributed by atoms with van der Waals surface area (Å²) in [6.45, 7) is 9.53. The van der Waals surface area contributed by atoms with Crippen LogP contribution in [0.15, 0.2) is 41.5 Å². The van der Waals surface area contributed by atoms with Gasteiger partial charge in [-0.05, 0) is 38.0 Å². The van der Waals surface area contributed by atoms with Crippen molar-refractivity contribution in [3.05, 3.63) is 47.0 Å². The van der Waals surface area contributed by atoms with Crippen LogP contribution in [0.3, 0.4) is 0 Å². The van der Waals surface area contributed by atoms with E-state index in [1.165, 1.54) is 0 Å². The van der Waals surface area contributed by atoms with Crippen LogP contribution in [0.4, 0.5) is 0 Å². The standard InChI is InChI=1S/C16H19ClN2O/c1-11(2)9-16(4)10-15(18-19(16)12(3)20)13-5-7-14(17)8-6-13/h5-8H,1,9-10H2,2-4H3. The van der Waals surface area contributed by atoms with Gasteiger partial charge >= 0.3 is 0 Å². The quantitative estimate of drug-likeness (QED) is 0.774. The zero-order valence-corrected chi connectivity index (χ0v) is 12.9. The Morgan fingerprint density at radius 3 is 2.50 bits per heavy atom. The Morgan fingerprint density at radius 2 is 2.00 bits per heavy atom. The van der Waals surface area contributed by atoms with Gasteiger partial charge in [-0.3, -0.25) is 4.79 Å². The average molecular weight is 291 g/mol. The van der Waals surface area contributed by atoms with E-state index < -0.39 is 0 Å². The smallest absolute Gasteiger partial charge is 0.240 e. The van der Waals surface area contributed by atoms with Crippen LogP contribution >= 0.6 is 11.6 Å². The largest absolute Gasteiger partial charge is 0.273 e. The summed E-state index contributed by atoms with van der Waals surface area (Å²) < 4.78 is 0. The van der Waals surface area contributed by atoms with Gasteiger partial charge in [-0.15, -0.1) is 6.58 Å². The van der Waals surface area contributed by atoms with Gasteiger partial charge in [0.05, 0.1) is 11.3 Å². The number of carbonyl (C=O) groups excluding carboxylic acids is 1. The normalized spacial score (nSPS) is 21.8. The molecule has 0 bridgehead atoms. The van der Waals surface area contributed by atoms with Crippen molar-refractivity contribution in [2.45, 2.75) is 39.2 Å². The van der Waals surface area contributed by atoms with Crippen LogP contribution in [-0.4, -0.2) is 22.2 Å². The molecule has 0 fully saturated rings. The highest BCUT2D eigenvalue weighted by atomic mass is 35.5. The van der Waals surface area contributed by atoms with Crippen molar-refractivity contribution in [3.8, 4) is 0 Å². The summed E-state index contributed by atoms with van der Waals surface area (Å²) >= 11 is 5.91. The van der Waals surface area contributed by atoms with Gasteiger partial charge in [0.15, 0.2) is 0 Å². The lowest BCUT2D eigenvalue weighted by Gasteiger charge is -2.32. The summed E-state index contributed by atoms with van der Waals surface area (Å²) in [6, 6.07) is 7.55. The second-order valence-corrected chi connectivity index (χ2v) is 6.13. The second kappa shape index (κ2) is 5.41. The average Bonchev–Trinajstić information content (AvgIpc) is 2.66. The first kappa shape index (κ1) is 14.8. The summed E-state index contributed by atoms with van der Waals surface area (Å²) in [5, 5.41) is 6.79. The van der Waals surface area contributed by atoms with Gasteiger partial charge in [-0.2, -0.15) is 5.10 Å². The van der Waals surface area contributed by atoms with Crippen LogP contribution in [0, 0.1) is 0 Å². The summed E-state index contributed by atoms with van der Waals surface area (Å²) in [5.41, 5.74) is 2.64. The predicted octanol–water partition coefficient (Wildman–Crippen LogP) is 4.02. The summed E-state index contributed by atoms with van der Waals surface area (Å²) in [6.07, 6.45) is 1.47. The van der Waals surface area contributed by atoms with Crippen molar-refractivity contribution in [3.63, 3.8) is 0 Å². The number of hydrogen-bond donors (Lipinski definition) is 0. The van der Waals surface area contributed by atoms with Crippen molar-refractivity contribution in [1.29, 1.82) is 0 Å². The van der Waals surface area contributed by atoms with E-state index in [0.717, 1.165) is 29.7 Å². The van der Waals surface area contributed by atoms with E-state index in [2.05, 4.69) is 18.6 Å². The van der Waals surface area contributed by atoms with Gasteiger partial charge in [-0.25, -0.2) is 5.01 Å². The van der Waals surface area contributed by atoms with E-state index in [-0.39, 0.29) is 11.4 Å². The van der Waals surface area contributed by atoms with E-state index in [0.29, 0.717) is 5.02 Å². The first-order valence-electron chi connectivity index (χ1n) is 6.60. The summed E-state index contributed by atoms with van der Waals surface area (Å²) in [4.78, 5) is 11.8. The van der Waals surface area contributed by atoms with Crippen molar-refractivity contribution in [2.24, 2.45) is 5.10 Å². The molecule has 1 aromatic carbocycles. The van der Waals surface area contributed by atoms with Crippen molar-refractivity contribution in [2.75, 3.05) is 0 Å². The molecular formula is C16H19ClN2O. The Kier molecular flexibility index (Phi) is 4.00. The number of hydrogen-bond acceptors (Lipinski definition) is 2. The first-order chi connectivity index (χ1) is 9.32. The molecule has 1 aromatic rings. The molecule has 0 saturated carbocycles. The Balaban J connectivity index is 2.33. The van der Waals surface area contributed by atoms with E-state index in [1.807, 2.05) is 31.2 Å². The van der Waals surface area contributed by atoms with Gasteiger partial charge in [0.1, 0.15) is 0 Å². The summed E-state index contributed by atoms with van der Waals surface area (Å²) in [5.74, 6) is -0.0438. The number of halogens is 1. The number of benzene rings is 1. The van der Waals surface area contributed by atoms with Crippen LogP contribution in [0.5, 0.6) is 0 Å². The van der Waals surface area contributed by atoms with Crippen molar-refractivity contribution in [1.82, 2.24) is 5.01 Å². The fraction of sp³-hybridized carbons (Fsp3) is 0.375. The monoisotopic (exact) mass is 290 g/mol. The third-order valence-electron chi connectivity index (χ3n) is 3.44. The Bertz CT molecular complexity index is 577.